The Morgan fingerprint density at radius 1 is 1.00 bits per heavy atom. The van der Waals surface area contributed by atoms with Crippen LogP contribution < -0.4 is 5.32 Å². The Bertz CT molecular complexity index is 602. The van der Waals surface area contributed by atoms with Gasteiger partial charge in [0.1, 0.15) is 0 Å². The molecule has 2 aromatic rings. The van der Waals surface area contributed by atoms with Crippen LogP contribution in [0.4, 0.5) is 5.69 Å². The molecule has 0 aliphatic rings. The minimum absolute atomic E-state index is 0.141. The molecule has 22 heavy (non-hydrogen) atoms. The van der Waals surface area contributed by atoms with Crippen LogP contribution >= 0.6 is 0 Å². The highest BCUT2D eigenvalue weighted by molar-refractivity contribution is 5.92. The predicted molar refractivity (Wildman–Crippen MR) is 89.9 cm³/mol. The van der Waals surface area contributed by atoms with Crippen molar-refractivity contribution < 1.29 is 9.90 Å². The fraction of sp³-hybridized carbons (Fsp3) is 0.316. The summed E-state index contributed by atoms with van der Waals surface area (Å²) in [6, 6.07) is 16.5. The average Bonchev–Trinajstić information content (AvgIpc) is 2.56. The van der Waals surface area contributed by atoms with Crippen molar-refractivity contribution in [2.24, 2.45) is 5.92 Å². The normalized spacial score (nSPS) is 12.0. The quantitative estimate of drug-likeness (QED) is 0.858. The standard InChI is InChI=1S/C19H23NO2/c1-3-15-4-6-16(7-5-15)12-17-8-10-18(11-9-17)20-19(22)14(2)13-21/h4-11,14,21H,3,12-13H2,1-2H3,(H,20,22). The van der Waals surface area contributed by atoms with Crippen molar-refractivity contribution in [1.82, 2.24) is 0 Å². The second kappa shape index (κ2) is 7.76. The highest BCUT2D eigenvalue weighted by Gasteiger charge is 2.11. The molecule has 0 saturated carbocycles. The van der Waals surface area contributed by atoms with E-state index in [2.05, 4.69) is 36.5 Å². The van der Waals surface area contributed by atoms with Gasteiger partial charge in [0.15, 0.2) is 0 Å². The maximum atomic E-state index is 11.7. The summed E-state index contributed by atoms with van der Waals surface area (Å²) in [6.07, 6.45) is 1.94. The van der Waals surface area contributed by atoms with Gasteiger partial charge in [-0.1, -0.05) is 50.2 Å². The lowest BCUT2D eigenvalue weighted by Crippen LogP contribution is -2.22. The molecule has 0 radical (unpaired) electrons. The summed E-state index contributed by atoms with van der Waals surface area (Å²) in [5.41, 5.74) is 4.59. The van der Waals surface area contributed by atoms with Crippen LogP contribution in [-0.2, 0) is 17.6 Å². The number of hydrogen-bond acceptors (Lipinski definition) is 2. The maximum absolute atomic E-state index is 11.7. The van der Waals surface area contributed by atoms with E-state index >= 15 is 0 Å². The first-order valence-corrected chi connectivity index (χ1v) is 7.71. The Morgan fingerprint density at radius 3 is 2.00 bits per heavy atom. The Hall–Kier alpha value is -2.13. The molecule has 1 unspecified atom stereocenters. The molecule has 0 aromatic heterocycles. The molecule has 2 aromatic carbocycles. The summed E-state index contributed by atoms with van der Waals surface area (Å²) in [4.78, 5) is 11.7. The fourth-order valence-corrected chi connectivity index (χ4v) is 2.18. The van der Waals surface area contributed by atoms with Crippen molar-refractivity contribution in [1.29, 1.82) is 0 Å². The summed E-state index contributed by atoms with van der Waals surface area (Å²) in [6.45, 7) is 3.71. The van der Waals surface area contributed by atoms with Crippen molar-refractivity contribution in [3.8, 4) is 0 Å². The molecule has 0 aliphatic heterocycles. The molecule has 3 heteroatoms. The Labute approximate surface area is 132 Å². The number of rotatable bonds is 6. The molecular weight excluding hydrogens is 274 g/mol. The van der Waals surface area contributed by atoms with E-state index in [-0.39, 0.29) is 12.5 Å². The van der Waals surface area contributed by atoms with E-state index in [1.54, 1.807) is 6.92 Å². The maximum Gasteiger partial charge on any atom is 0.229 e. The molecule has 1 amide bonds. The van der Waals surface area contributed by atoms with E-state index in [4.69, 9.17) is 5.11 Å². The molecule has 116 valence electrons. The van der Waals surface area contributed by atoms with Gasteiger partial charge in [0, 0.05) is 5.69 Å². The van der Waals surface area contributed by atoms with E-state index in [0.29, 0.717) is 0 Å². The molecule has 0 fully saturated rings. The van der Waals surface area contributed by atoms with Gasteiger partial charge in [0.2, 0.25) is 5.91 Å². The number of aliphatic hydroxyl groups is 1. The SMILES string of the molecule is CCc1ccc(Cc2ccc(NC(=O)C(C)CO)cc2)cc1. The number of nitrogens with one attached hydrogen (secondary N) is 1. The number of aryl methyl sites for hydroxylation is 1. The molecule has 1 atom stereocenters. The zero-order chi connectivity index (χ0) is 15.9. The molecule has 0 aliphatic carbocycles. The van der Waals surface area contributed by atoms with Gasteiger partial charge in [0.25, 0.3) is 0 Å². The molecule has 0 bridgehead atoms. The second-order valence-corrected chi connectivity index (χ2v) is 5.62. The molecule has 2 N–H and O–H groups in total. The lowest BCUT2D eigenvalue weighted by Gasteiger charge is -2.10. The zero-order valence-corrected chi connectivity index (χ0v) is 13.2. The van der Waals surface area contributed by atoms with Crippen molar-refractivity contribution in [2.75, 3.05) is 11.9 Å². The lowest BCUT2D eigenvalue weighted by molar-refractivity contribution is -0.120. The summed E-state index contributed by atoms with van der Waals surface area (Å²) in [5, 5.41) is 11.8. The highest BCUT2D eigenvalue weighted by atomic mass is 16.3. The van der Waals surface area contributed by atoms with Crippen LogP contribution in [0.25, 0.3) is 0 Å². The first kappa shape index (κ1) is 16.2. The Balaban J connectivity index is 1.97. The molecule has 0 spiro atoms. The van der Waals surface area contributed by atoms with Crippen molar-refractivity contribution >= 4 is 11.6 Å². The van der Waals surface area contributed by atoms with Gasteiger partial charge in [-0.25, -0.2) is 0 Å². The van der Waals surface area contributed by atoms with Crippen LogP contribution in [0.2, 0.25) is 0 Å². The van der Waals surface area contributed by atoms with Crippen molar-refractivity contribution in [3.63, 3.8) is 0 Å². The number of aliphatic hydroxyl groups excluding tert-OH is 1. The zero-order valence-electron chi connectivity index (χ0n) is 13.2. The van der Waals surface area contributed by atoms with E-state index in [0.717, 1.165) is 18.5 Å². The van der Waals surface area contributed by atoms with Gasteiger partial charge in [0.05, 0.1) is 12.5 Å². The third-order valence-corrected chi connectivity index (χ3v) is 3.78. The number of anilines is 1. The molecule has 0 heterocycles. The minimum atomic E-state index is -0.392. The van der Waals surface area contributed by atoms with Crippen LogP contribution in [0.15, 0.2) is 48.5 Å². The smallest absolute Gasteiger partial charge is 0.229 e. The van der Waals surface area contributed by atoms with Gasteiger partial charge in [-0.2, -0.15) is 0 Å². The van der Waals surface area contributed by atoms with Crippen LogP contribution in [-0.4, -0.2) is 17.6 Å². The van der Waals surface area contributed by atoms with Gasteiger partial charge in [-0.15, -0.1) is 0 Å². The molecule has 2 rings (SSSR count). The minimum Gasteiger partial charge on any atom is -0.396 e. The van der Waals surface area contributed by atoms with Crippen LogP contribution in [0.1, 0.15) is 30.5 Å². The second-order valence-electron chi connectivity index (χ2n) is 5.62. The third kappa shape index (κ3) is 4.43. The summed E-state index contributed by atoms with van der Waals surface area (Å²) in [7, 11) is 0. The number of carbonyl (C=O) groups is 1. The van der Waals surface area contributed by atoms with Gasteiger partial charge >= 0.3 is 0 Å². The summed E-state index contributed by atoms with van der Waals surface area (Å²) in [5.74, 6) is -0.554. The number of amides is 1. The van der Waals surface area contributed by atoms with Crippen molar-refractivity contribution in [3.05, 3.63) is 65.2 Å². The lowest BCUT2D eigenvalue weighted by atomic mass is 10.0. The first-order valence-electron chi connectivity index (χ1n) is 7.71. The van der Waals surface area contributed by atoms with Crippen LogP contribution in [0.3, 0.4) is 0 Å². The highest BCUT2D eigenvalue weighted by Crippen LogP contribution is 2.15. The number of benzene rings is 2. The number of hydrogen-bond donors (Lipinski definition) is 2. The van der Waals surface area contributed by atoms with Gasteiger partial charge in [-0.05, 0) is 41.7 Å². The van der Waals surface area contributed by atoms with E-state index < -0.39 is 5.92 Å². The van der Waals surface area contributed by atoms with Crippen LogP contribution in [0.5, 0.6) is 0 Å². The van der Waals surface area contributed by atoms with Gasteiger partial charge < -0.3 is 10.4 Å². The summed E-state index contributed by atoms with van der Waals surface area (Å²) >= 11 is 0. The van der Waals surface area contributed by atoms with Crippen molar-refractivity contribution in [2.45, 2.75) is 26.7 Å². The number of carbonyl (C=O) groups excluding carboxylic acids is 1. The van der Waals surface area contributed by atoms with Crippen LogP contribution in [0, 0.1) is 5.92 Å². The van der Waals surface area contributed by atoms with E-state index in [1.165, 1.54) is 16.7 Å². The average molecular weight is 297 g/mol. The Kier molecular flexibility index (Phi) is 5.73. The third-order valence-electron chi connectivity index (χ3n) is 3.78. The predicted octanol–water partition coefficient (Wildman–Crippen LogP) is 3.41. The monoisotopic (exact) mass is 297 g/mol. The molecule has 3 nitrogen and oxygen atoms in total. The molecule has 0 saturated heterocycles. The topological polar surface area (TPSA) is 49.3 Å². The molecular formula is C19H23NO2. The Morgan fingerprint density at radius 2 is 1.50 bits per heavy atom. The van der Waals surface area contributed by atoms with E-state index in [9.17, 15) is 4.79 Å². The van der Waals surface area contributed by atoms with Gasteiger partial charge in [-0.3, -0.25) is 4.79 Å². The first-order chi connectivity index (χ1) is 10.6. The summed E-state index contributed by atoms with van der Waals surface area (Å²) < 4.78 is 0. The largest absolute Gasteiger partial charge is 0.396 e. The van der Waals surface area contributed by atoms with E-state index in [1.807, 2.05) is 24.3 Å². The fourth-order valence-electron chi connectivity index (χ4n) is 2.18.